The van der Waals surface area contributed by atoms with Gasteiger partial charge in [0.1, 0.15) is 23.9 Å². The van der Waals surface area contributed by atoms with E-state index in [1.807, 2.05) is 18.9 Å². The summed E-state index contributed by atoms with van der Waals surface area (Å²) in [5.74, 6) is -1.59. The van der Waals surface area contributed by atoms with Crippen LogP contribution in [0.25, 0.3) is 0 Å². The minimum absolute atomic E-state index is 0.0501. The standard InChI is InChI=1S/C44H78N2O15/c1-15-17-18-46(12)31-21-26(4)57-41(35(31)47)61-39-28(6)36(60-33-23-43(10,54-14)38(49)30(8)58-33)29(7)40(50)59-32(16-2)44(11,52)37(48)27(5)34(25(3)22-42(39,9)51)45-56-24-55-20-19-53-13/h1,25-33,35-39,41,47-49,51-52H,16-24H2,2-14H3/t25-,26-,27+,28+,29-,30+,31+,32-,33?,35-,36+,37-,38+,39-,41?,42-,43-,44-/m1/s1. The number of carbonyl (C=O) groups is 1. The fourth-order valence-electron chi connectivity index (χ4n) is 9.26. The number of esters is 1. The second-order valence-electron chi connectivity index (χ2n) is 18.2. The number of likely N-dealkylation sites (N-methyl/N-ethyl adjacent to an activating group) is 1. The molecule has 0 aromatic rings. The first-order chi connectivity index (χ1) is 28.5. The van der Waals surface area contributed by atoms with Crippen LogP contribution in [-0.2, 0) is 47.5 Å². The number of terminal acetylenes is 1. The van der Waals surface area contributed by atoms with E-state index in [0.717, 1.165) is 0 Å². The first-order valence-corrected chi connectivity index (χ1v) is 21.8. The number of hydrogen-bond acceptors (Lipinski definition) is 17. The SMILES string of the molecule is C#CCCN(C)[C@H]1C[C@@H](C)OC(O[C@@H]2[C@@H](C)[C@H](OC3C[C@@](C)(OC)[C@@H](O)[C@H](C)O3)[C@@H](C)C(=O)O[C@H](CC)[C@@](C)(O)[C@H](O)[C@@H](C)C(=NOCOCCOC)[C@H](C)C[C@@]2(C)O)[C@@H]1O. The van der Waals surface area contributed by atoms with Crippen molar-refractivity contribution in [2.45, 2.75) is 186 Å². The molecule has 0 bridgehead atoms. The van der Waals surface area contributed by atoms with Gasteiger partial charge in [0.05, 0.1) is 66.6 Å². The van der Waals surface area contributed by atoms with E-state index in [4.69, 9.17) is 49.2 Å². The molecule has 3 aliphatic rings. The maximum atomic E-state index is 14.4. The van der Waals surface area contributed by atoms with E-state index in [-0.39, 0.29) is 44.5 Å². The topological polar surface area (TPSA) is 217 Å². The van der Waals surface area contributed by atoms with Crippen LogP contribution in [0.4, 0.5) is 0 Å². The molecule has 3 saturated heterocycles. The van der Waals surface area contributed by atoms with Gasteiger partial charge in [-0.25, -0.2) is 0 Å². The second-order valence-corrected chi connectivity index (χ2v) is 18.2. The minimum Gasteiger partial charge on any atom is -0.459 e. The van der Waals surface area contributed by atoms with Gasteiger partial charge in [0.2, 0.25) is 6.79 Å². The Morgan fingerprint density at radius 2 is 1.62 bits per heavy atom. The summed E-state index contributed by atoms with van der Waals surface area (Å²) in [4.78, 5) is 22.0. The number of aliphatic hydroxyl groups is 5. The van der Waals surface area contributed by atoms with Crippen molar-refractivity contribution in [1.29, 1.82) is 0 Å². The molecule has 18 atom stereocenters. The lowest BCUT2D eigenvalue weighted by atomic mass is 9.73. The highest BCUT2D eigenvalue weighted by Crippen LogP contribution is 2.41. The number of oxime groups is 1. The van der Waals surface area contributed by atoms with Gasteiger partial charge in [0.25, 0.3) is 0 Å². The maximum absolute atomic E-state index is 14.4. The molecule has 5 N–H and O–H groups in total. The number of hydrogen-bond donors (Lipinski definition) is 5. The lowest BCUT2D eigenvalue weighted by Gasteiger charge is -2.49. The highest BCUT2D eigenvalue weighted by atomic mass is 16.7. The van der Waals surface area contributed by atoms with Crippen LogP contribution >= 0.6 is 0 Å². The Labute approximate surface area is 363 Å². The molecule has 3 heterocycles. The molecule has 2 unspecified atom stereocenters. The summed E-state index contributed by atoms with van der Waals surface area (Å²) in [5.41, 5.74) is -4.56. The summed E-state index contributed by atoms with van der Waals surface area (Å²) in [6.45, 7) is 17.7. The number of ether oxygens (including phenoxy) is 8. The van der Waals surface area contributed by atoms with Crippen LogP contribution < -0.4 is 0 Å². The first-order valence-electron chi connectivity index (χ1n) is 21.8. The molecule has 354 valence electrons. The van der Waals surface area contributed by atoms with Crippen molar-refractivity contribution in [3.63, 3.8) is 0 Å². The third kappa shape index (κ3) is 13.3. The Bertz CT molecular complexity index is 1430. The van der Waals surface area contributed by atoms with E-state index < -0.39 is 108 Å². The van der Waals surface area contributed by atoms with Gasteiger partial charge in [-0.15, -0.1) is 12.3 Å². The summed E-state index contributed by atoms with van der Waals surface area (Å²) in [6.07, 6.45) is -3.84. The summed E-state index contributed by atoms with van der Waals surface area (Å²) in [5, 5.41) is 64.0. The van der Waals surface area contributed by atoms with Crippen molar-refractivity contribution in [2.75, 3.05) is 47.8 Å². The fourth-order valence-corrected chi connectivity index (χ4v) is 9.26. The molecule has 0 aliphatic carbocycles. The zero-order valence-corrected chi connectivity index (χ0v) is 38.8. The van der Waals surface area contributed by atoms with Crippen molar-refractivity contribution < 1.29 is 73.1 Å². The quantitative estimate of drug-likeness (QED) is 0.0526. The predicted octanol–water partition coefficient (Wildman–Crippen LogP) is 2.60. The molecule has 0 aromatic heterocycles. The number of rotatable bonds is 15. The lowest BCUT2D eigenvalue weighted by molar-refractivity contribution is -0.318. The number of cyclic esters (lactones) is 1. The van der Waals surface area contributed by atoms with E-state index in [9.17, 15) is 30.3 Å². The summed E-state index contributed by atoms with van der Waals surface area (Å²) >= 11 is 0. The van der Waals surface area contributed by atoms with Crippen molar-refractivity contribution in [3.05, 3.63) is 0 Å². The Morgan fingerprint density at radius 3 is 2.23 bits per heavy atom. The minimum atomic E-state index is -1.98. The van der Waals surface area contributed by atoms with E-state index in [2.05, 4.69) is 11.1 Å². The molecule has 3 aliphatic heterocycles. The largest absolute Gasteiger partial charge is 0.459 e. The molecule has 0 spiro atoms. The highest BCUT2D eigenvalue weighted by Gasteiger charge is 2.53. The summed E-state index contributed by atoms with van der Waals surface area (Å²) < 4.78 is 48.4. The second kappa shape index (κ2) is 23.3. The van der Waals surface area contributed by atoms with Crippen molar-refractivity contribution in [1.82, 2.24) is 4.90 Å². The van der Waals surface area contributed by atoms with Crippen LogP contribution in [-0.4, -0.2) is 174 Å². The predicted molar refractivity (Wildman–Crippen MR) is 225 cm³/mol. The van der Waals surface area contributed by atoms with Gasteiger partial charge in [-0.1, -0.05) is 32.9 Å². The number of methoxy groups -OCH3 is 2. The Balaban J connectivity index is 2.23. The molecule has 3 rings (SSSR count). The Morgan fingerprint density at radius 1 is 0.951 bits per heavy atom. The molecule has 0 aromatic carbocycles. The summed E-state index contributed by atoms with van der Waals surface area (Å²) in [6, 6.07) is -0.404. The highest BCUT2D eigenvalue weighted by molar-refractivity contribution is 5.88. The maximum Gasteiger partial charge on any atom is 0.311 e. The van der Waals surface area contributed by atoms with Crippen molar-refractivity contribution in [3.8, 4) is 12.3 Å². The molecule has 61 heavy (non-hydrogen) atoms. The third-order valence-corrected chi connectivity index (χ3v) is 13.1. The fraction of sp³-hybridized carbons (Fsp3) is 0.909. The van der Waals surface area contributed by atoms with Crippen molar-refractivity contribution in [2.24, 2.45) is 28.8 Å². The van der Waals surface area contributed by atoms with Gasteiger partial charge in [0.15, 0.2) is 12.6 Å². The molecule has 17 nitrogen and oxygen atoms in total. The van der Waals surface area contributed by atoms with Gasteiger partial charge in [0, 0.05) is 57.4 Å². The van der Waals surface area contributed by atoms with Gasteiger partial charge in [-0.05, 0) is 67.9 Å². The number of aliphatic hydroxyl groups excluding tert-OH is 3. The van der Waals surface area contributed by atoms with E-state index in [1.165, 1.54) is 14.0 Å². The van der Waals surface area contributed by atoms with Gasteiger partial charge in [-0.2, -0.15) is 0 Å². The van der Waals surface area contributed by atoms with Gasteiger partial charge >= 0.3 is 5.97 Å². The monoisotopic (exact) mass is 875 g/mol. The Kier molecular flexibility index (Phi) is 20.3. The Hall–Kier alpha value is -2.02. The molecular weight excluding hydrogens is 796 g/mol. The van der Waals surface area contributed by atoms with Gasteiger partial charge in [-0.3, -0.25) is 9.69 Å². The van der Waals surface area contributed by atoms with Crippen LogP contribution in [0.1, 0.15) is 101 Å². The molecule has 3 fully saturated rings. The van der Waals surface area contributed by atoms with Crippen LogP contribution in [0.2, 0.25) is 0 Å². The number of carbonyl (C=O) groups excluding carboxylic acids is 1. The smallest absolute Gasteiger partial charge is 0.311 e. The molecule has 0 radical (unpaired) electrons. The van der Waals surface area contributed by atoms with Crippen LogP contribution in [0.5, 0.6) is 0 Å². The zero-order chi connectivity index (χ0) is 46.0. The van der Waals surface area contributed by atoms with E-state index in [0.29, 0.717) is 26.0 Å². The molecule has 0 amide bonds. The van der Waals surface area contributed by atoms with E-state index >= 15 is 0 Å². The molecule has 17 heteroatoms. The third-order valence-electron chi connectivity index (χ3n) is 13.1. The average molecular weight is 875 g/mol. The van der Waals surface area contributed by atoms with Crippen molar-refractivity contribution >= 4 is 11.7 Å². The van der Waals surface area contributed by atoms with Crippen LogP contribution in [0, 0.1) is 36.0 Å². The van der Waals surface area contributed by atoms with Crippen LogP contribution in [0.3, 0.4) is 0 Å². The van der Waals surface area contributed by atoms with E-state index in [1.54, 1.807) is 62.5 Å². The summed E-state index contributed by atoms with van der Waals surface area (Å²) in [7, 11) is 4.90. The zero-order valence-electron chi connectivity index (χ0n) is 38.8. The lowest BCUT2D eigenvalue weighted by Crippen LogP contribution is -2.61. The molecular formula is C44H78N2O15. The average Bonchev–Trinajstić information content (AvgIpc) is 3.20. The first kappa shape index (κ1) is 53.3. The van der Waals surface area contributed by atoms with Gasteiger partial charge < -0.3 is 68.3 Å². The number of nitrogens with zero attached hydrogens (tertiary/aromatic N) is 2. The van der Waals surface area contributed by atoms with Crippen LogP contribution in [0.15, 0.2) is 5.16 Å². The normalized spacial score (nSPS) is 44.0. The molecule has 0 saturated carbocycles.